The van der Waals surface area contributed by atoms with Gasteiger partial charge in [-0.3, -0.25) is 9.59 Å². The number of allylic oxidation sites excluding steroid dienone is 2. The molecule has 108 valence electrons. The molecule has 4 heteroatoms. The van der Waals surface area contributed by atoms with Gasteiger partial charge < -0.3 is 0 Å². The smallest absolute Gasteiger partial charge is 0.268 e. The second-order valence-corrected chi connectivity index (χ2v) is 5.64. The van der Waals surface area contributed by atoms with Crippen molar-refractivity contribution in [2.24, 2.45) is 0 Å². The number of thioether (sulfide) groups is 1. The summed E-state index contributed by atoms with van der Waals surface area (Å²) >= 11 is 0.959. The largest absolute Gasteiger partial charge is 0.298 e. The number of imide groups is 1. The Kier molecular flexibility index (Phi) is 4.21. The molecule has 1 fully saturated rings. The van der Waals surface area contributed by atoms with Crippen LogP contribution in [0.15, 0.2) is 77.7 Å². The third-order valence-corrected chi connectivity index (χ3v) is 4.03. The van der Waals surface area contributed by atoms with Gasteiger partial charge in [0.1, 0.15) is 0 Å². The van der Waals surface area contributed by atoms with Gasteiger partial charge in [0, 0.05) is 0 Å². The van der Waals surface area contributed by atoms with Gasteiger partial charge in [-0.25, -0.2) is 4.90 Å². The maximum atomic E-state index is 12.3. The lowest BCUT2D eigenvalue weighted by molar-refractivity contribution is -0.113. The summed E-state index contributed by atoms with van der Waals surface area (Å²) in [6.45, 7) is 0. The summed E-state index contributed by atoms with van der Waals surface area (Å²) in [5.41, 5.74) is 1.64. The monoisotopic (exact) mass is 307 g/mol. The summed E-state index contributed by atoms with van der Waals surface area (Å²) in [5.74, 6) is -0.279. The first-order valence-electron chi connectivity index (χ1n) is 6.80. The van der Waals surface area contributed by atoms with E-state index in [-0.39, 0.29) is 11.1 Å². The average molecular weight is 307 g/mol. The Morgan fingerprint density at radius 1 is 0.864 bits per heavy atom. The molecular weight excluding hydrogens is 294 g/mol. The van der Waals surface area contributed by atoms with Crippen molar-refractivity contribution < 1.29 is 9.59 Å². The zero-order valence-electron chi connectivity index (χ0n) is 11.7. The Balaban J connectivity index is 1.79. The molecule has 2 aromatic carbocycles. The topological polar surface area (TPSA) is 37.4 Å². The fraction of sp³-hybridized carbons (Fsp3) is 0. The Labute approximate surface area is 132 Å². The molecule has 1 saturated heterocycles. The van der Waals surface area contributed by atoms with Gasteiger partial charge in [0.15, 0.2) is 0 Å². The molecule has 1 aliphatic rings. The lowest BCUT2D eigenvalue weighted by atomic mass is 10.2. The van der Waals surface area contributed by atoms with Crippen molar-refractivity contribution in [3.05, 3.63) is 83.3 Å². The van der Waals surface area contributed by atoms with Gasteiger partial charge in [-0.15, -0.1) is 0 Å². The SMILES string of the molecule is O=C1S/C(=C\C=C\c2ccccc2)C(=O)N1c1ccccc1. The van der Waals surface area contributed by atoms with Crippen LogP contribution in [0.25, 0.3) is 6.08 Å². The van der Waals surface area contributed by atoms with Crippen LogP contribution in [-0.4, -0.2) is 11.1 Å². The summed E-state index contributed by atoms with van der Waals surface area (Å²) in [5, 5.41) is -0.268. The number of anilines is 1. The van der Waals surface area contributed by atoms with E-state index in [0.717, 1.165) is 17.3 Å². The van der Waals surface area contributed by atoms with Crippen molar-refractivity contribution in [2.45, 2.75) is 0 Å². The molecule has 1 aliphatic heterocycles. The Morgan fingerprint density at radius 3 is 2.18 bits per heavy atom. The molecule has 2 aromatic rings. The second kappa shape index (κ2) is 6.45. The third kappa shape index (κ3) is 3.02. The molecule has 22 heavy (non-hydrogen) atoms. The highest BCUT2D eigenvalue weighted by atomic mass is 32.2. The molecule has 0 saturated carbocycles. The maximum absolute atomic E-state index is 12.3. The van der Waals surface area contributed by atoms with E-state index >= 15 is 0 Å². The zero-order valence-corrected chi connectivity index (χ0v) is 12.5. The Hall–Kier alpha value is -2.59. The molecule has 3 nitrogen and oxygen atoms in total. The third-order valence-electron chi connectivity index (χ3n) is 3.14. The number of benzene rings is 2. The number of rotatable bonds is 3. The van der Waals surface area contributed by atoms with Crippen molar-refractivity contribution in [3.63, 3.8) is 0 Å². The van der Waals surface area contributed by atoms with E-state index in [0.29, 0.717) is 10.6 Å². The molecule has 3 rings (SSSR count). The van der Waals surface area contributed by atoms with Gasteiger partial charge in [-0.1, -0.05) is 60.7 Å². The molecular formula is C18H13NO2S. The van der Waals surface area contributed by atoms with Crippen molar-refractivity contribution >= 4 is 34.7 Å². The first-order valence-corrected chi connectivity index (χ1v) is 7.62. The fourth-order valence-electron chi connectivity index (χ4n) is 2.09. The first-order chi connectivity index (χ1) is 10.8. The number of para-hydroxylation sites is 1. The number of carbonyl (C=O) groups excluding carboxylic acids is 2. The van der Waals surface area contributed by atoms with Gasteiger partial charge in [0.2, 0.25) is 0 Å². The van der Waals surface area contributed by atoms with E-state index in [1.165, 1.54) is 4.90 Å². The van der Waals surface area contributed by atoms with E-state index in [2.05, 4.69) is 0 Å². The zero-order chi connectivity index (χ0) is 15.4. The molecule has 0 aromatic heterocycles. The first kappa shape index (κ1) is 14.4. The molecule has 0 spiro atoms. The van der Waals surface area contributed by atoms with Crippen LogP contribution in [0.4, 0.5) is 10.5 Å². The van der Waals surface area contributed by atoms with E-state index in [4.69, 9.17) is 0 Å². The van der Waals surface area contributed by atoms with Crippen LogP contribution in [-0.2, 0) is 4.79 Å². The van der Waals surface area contributed by atoms with E-state index in [1.807, 2.05) is 42.5 Å². The Morgan fingerprint density at radius 2 is 1.50 bits per heavy atom. The number of hydrogen-bond acceptors (Lipinski definition) is 3. The van der Waals surface area contributed by atoms with Crippen LogP contribution < -0.4 is 4.90 Å². The summed E-state index contributed by atoms with van der Waals surface area (Å²) in [6.07, 6.45) is 5.37. The van der Waals surface area contributed by atoms with Crippen molar-refractivity contribution in [1.82, 2.24) is 0 Å². The van der Waals surface area contributed by atoms with Crippen molar-refractivity contribution in [3.8, 4) is 0 Å². The fourth-order valence-corrected chi connectivity index (χ4v) is 2.89. The summed E-state index contributed by atoms with van der Waals surface area (Å²) < 4.78 is 0. The average Bonchev–Trinajstić information content (AvgIpc) is 2.83. The van der Waals surface area contributed by atoms with Crippen LogP contribution in [0.1, 0.15) is 5.56 Å². The standard InChI is InChI=1S/C18H13NO2S/c20-17-16(13-7-10-14-8-3-1-4-9-14)22-18(21)19(17)15-11-5-2-6-12-15/h1-13H/b10-7+,16-13-. The number of nitrogens with zero attached hydrogens (tertiary/aromatic N) is 1. The van der Waals surface area contributed by atoms with Gasteiger partial charge in [0.25, 0.3) is 11.1 Å². The van der Waals surface area contributed by atoms with Crippen LogP contribution >= 0.6 is 11.8 Å². The lowest BCUT2D eigenvalue weighted by Gasteiger charge is -2.11. The van der Waals surface area contributed by atoms with E-state index < -0.39 is 0 Å². The minimum absolute atomic E-state index is 0.268. The molecule has 0 unspecified atom stereocenters. The minimum Gasteiger partial charge on any atom is -0.268 e. The van der Waals surface area contributed by atoms with Crippen molar-refractivity contribution in [2.75, 3.05) is 4.90 Å². The number of hydrogen-bond donors (Lipinski definition) is 0. The second-order valence-electron chi connectivity index (χ2n) is 4.64. The van der Waals surface area contributed by atoms with Crippen molar-refractivity contribution in [1.29, 1.82) is 0 Å². The molecule has 2 amide bonds. The van der Waals surface area contributed by atoms with E-state index in [1.54, 1.807) is 36.4 Å². The summed E-state index contributed by atoms with van der Waals surface area (Å²) in [4.78, 5) is 26.0. The Bertz CT molecular complexity index is 751. The summed E-state index contributed by atoms with van der Waals surface area (Å²) in [7, 11) is 0. The molecule has 0 atom stereocenters. The molecule has 1 heterocycles. The van der Waals surface area contributed by atoms with Gasteiger partial charge >= 0.3 is 0 Å². The van der Waals surface area contributed by atoms with Gasteiger partial charge in [-0.2, -0.15) is 0 Å². The molecule has 0 aliphatic carbocycles. The summed E-state index contributed by atoms with van der Waals surface area (Å²) in [6, 6.07) is 18.7. The molecule has 0 bridgehead atoms. The normalized spacial score (nSPS) is 16.9. The molecule has 0 radical (unpaired) electrons. The minimum atomic E-state index is -0.279. The predicted octanol–water partition coefficient (Wildman–Crippen LogP) is 4.48. The number of carbonyl (C=O) groups is 2. The van der Waals surface area contributed by atoms with Crippen LogP contribution in [0.2, 0.25) is 0 Å². The van der Waals surface area contributed by atoms with Gasteiger partial charge in [0.05, 0.1) is 10.6 Å². The van der Waals surface area contributed by atoms with Crippen LogP contribution in [0, 0.1) is 0 Å². The maximum Gasteiger partial charge on any atom is 0.298 e. The highest BCUT2D eigenvalue weighted by molar-refractivity contribution is 8.18. The quantitative estimate of drug-likeness (QED) is 0.784. The number of amides is 2. The highest BCUT2D eigenvalue weighted by Gasteiger charge is 2.35. The lowest BCUT2D eigenvalue weighted by Crippen LogP contribution is -2.27. The highest BCUT2D eigenvalue weighted by Crippen LogP contribution is 2.34. The van der Waals surface area contributed by atoms with E-state index in [9.17, 15) is 9.59 Å². The van der Waals surface area contributed by atoms with Crippen LogP contribution in [0.5, 0.6) is 0 Å². The predicted molar refractivity (Wildman–Crippen MR) is 90.5 cm³/mol. The molecule has 0 N–H and O–H groups in total. The van der Waals surface area contributed by atoms with Gasteiger partial charge in [-0.05, 0) is 35.5 Å². The van der Waals surface area contributed by atoms with Crippen LogP contribution in [0.3, 0.4) is 0 Å².